The summed E-state index contributed by atoms with van der Waals surface area (Å²) in [5.74, 6) is 0.713. The Labute approximate surface area is 104 Å². The molecule has 2 aromatic rings. The average molecular weight is 329 g/mol. The maximum atomic E-state index is 4.17. The van der Waals surface area contributed by atoms with E-state index in [9.17, 15) is 0 Å². The molecule has 0 amide bonds. The Kier molecular flexibility index (Phi) is 3.33. The van der Waals surface area contributed by atoms with Crippen LogP contribution in [0.15, 0.2) is 45.7 Å². The molecule has 2 rings (SSSR count). The zero-order chi connectivity index (χ0) is 10.7. The summed E-state index contributed by atoms with van der Waals surface area (Å²) in [4.78, 5) is 8.25. The van der Waals surface area contributed by atoms with Crippen LogP contribution in [0.1, 0.15) is 0 Å². The number of nitrogens with zero attached hydrogens (tertiary/aromatic N) is 2. The molecule has 1 heterocycles. The minimum absolute atomic E-state index is 0.713. The number of para-hydroxylation sites is 1. The summed E-state index contributed by atoms with van der Waals surface area (Å²) in [6.45, 7) is 0. The highest BCUT2D eigenvalue weighted by atomic mass is 79.9. The predicted molar refractivity (Wildman–Crippen MR) is 67.2 cm³/mol. The molecule has 0 saturated carbocycles. The van der Waals surface area contributed by atoms with Gasteiger partial charge in [-0.05, 0) is 44.0 Å². The van der Waals surface area contributed by atoms with Crippen LogP contribution in [-0.4, -0.2) is 9.97 Å². The number of nitrogens with one attached hydrogen (secondary N) is 1. The van der Waals surface area contributed by atoms with Gasteiger partial charge in [-0.15, -0.1) is 0 Å². The SMILES string of the molecule is Brc1cnc(Nc2ccccc2Br)cn1. The first-order chi connectivity index (χ1) is 7.25. The highest BCUT2D eigenvalue weighted by molar-refractivity contribution is 9.10. The lowest BCUT2D eigenvalue weighted by molar-refractivity contribution is 1.16. The Hall–Kier alpha value is -0.940. The zero-order valence-electron chi connectivity index (χ0n) is 7.61. The third-order valence-electron chi connectivity index (χ3n) is 1.76. The molecule has 3 nitrogen and oxygen atoms in total. The molecule has 0 radical (unpaired) electrons. The molecule has 1 aromatic carbocycles. The van der Waals surface area contributed by atoms with E-state index in [2.05, 4.69) is 47.1 Å². The molecule has 15 heavy (non-hydrogen) atoms. The fraction of sp³-hybridized carbons (Fsp3) is 0. The van der Waals surface area contributed by atoms with Crippen molar-refractivity contribution in [1.29, 1.82) is 0 Å². The van der Waals surface area contributed by atoms with Crippen LogP contribution >= 0.6 is 31.9 Å². The number of aromatic nitrogens is 2. The number of rotatable bonds is 2. The molecule has 0 aliphatic carbocycles. The van der Waals surface area contributed by atoms with E-state index in [4.69, 9.17) is 0 Å². The van der Waals surface area contributed by atoms with Gasteiger partial charge in [0.25, 0.3) is 0 Å². The highest BCUT2D eigenvalue weighted by Crippen LogP contribution is 2.24. The number of hydrogen-bond donors (Lipinski definition) is 1. The Balaban J connectivity index is 2.22. The van der Waals surface area contributed by atoms with E-state index >= 15 is 0 Å². The third kappa shape index (κ3) is 2.76. The molecule has 0 spiro atoms. The summed E-state index contributed by atoms with van der Waals surface area (Å²) in [6.07, 6.45) is 3.32. The fourth-order valence-corrected chi connectivity index (χ4v) is 1.67. The first kappa shape index (κ1) is 10.6. The molecule has 76 valence electrons. The van der Waals surface area contributed by atoms with Crippen LogP contribution in [0.25, 0.3) is 0 Å². The van der Waals surface area contributed by atoms with Crippen molar-refractivity contribution in [2.45, 2.75) is 0 Å². The lowest BCUT2D eigenvalue weighted by Gasteiger charge is -2.06. The van der Waals surface area contributed by atoms with Crippen molar-refractivity contribution < 1.29 is 0 Å². The molecule has 0 atom stereocenters. The molecule has 0 bridgehead atoms. The van der Waals surface area contributed by atoms with E-state index < -0.39 is 0 Å². The second-order valence-corrected chi connectivity index (χ2v) is 4.50. The number of anilines is 2. The van der Waals surface area contributed by atoms with Gasteiger partial charge in [-0.3, -0.25) is 0 Å². The molecule has 0 unspecified atom stereocenters. The first-order valence-electron chi connectivity index (χ1n) is 4.25. The quantitative estimate of drug-likeness (QED) is 0.912. The van der Waals surface area contributed by atoms with Gasteiger partial charge in [-0.25, -0.2) is 9.97 Å². The molecule has 1 N–H and O–H groups in total. The van der Waals surface area contributed by atoms with Gasteiger partial charge in [0.15, 0.2) is 0 Å². The molecular weight excluding hydrogens is 322 g/mol. The van der Waals surface area contributed by atoms with Gasteiger partial charge in [0.1, 0.15) is 10.4 Å². The summed E-state index contributed by atoms with van der Waals surface area (Å²) in [5, 5.41) is 3.16. The summed E-state index contributed by atoms with van der Waals surface area (Å²) >= 11 is 6.68. The van der Waals surface area contributed by atoms with Gasteiger partial charge in [-0.1, -0.05) is 12.1 Å². The Bertz CT molecular complexity index is 456. The van der Waals surface area contributed by atoms with Crippen LogP contribution < -0.4 is 5.32 Å². The van der Waals surface area contributed by atoms with Crippen molar-refractivity contribution in [2.24, 2.45) is 0 Å². The monoisotopic (exact) mass is 327 g/mol. The number of hydrogen-bond acceptors (Lipinski definition) is 3. The Morgan fingerprint density at radius 1 is 1.00 bits per heavy atom. The van der Waals surface area contributed by atoms with Gasteiger partial charge in [-0.2, -0.15) is 0 Å². The third-order valence-corrected chi connectivity index (χ3v) is 2.86. The summed E-state index contributed by atoms with van der Waals surface area (Å²) in [6, 6.07) is 7.85. The van der Waals surface area contributed by atoms with Crippen LogP contribution in [0.2, 0.25) is 0 Å². The largest absolute Gasteiger partial charge is 0.338 e. The minimum atomic E-state index is 0.713. The summed E-state index contributed by atoms with van der Waals surface area (Å²) in [5.41, 5.74) is 0.967. The fourth-order valence-electron chi connectivity index (χ4n) is 1.08. The van der Waals surface area contributed by atoms with Crippen molar-refractivity contribution >= 4 is 43.4 Å². The van der Waals surface area contributed by atoms with E-state index in [1.165, 1.54) is 0 Å². The number of halogens is 2. The minimum Gasteiger partial charge on any atom is -0.338 e. The van der Waals surface area contributed by atoms with Crippen LogP contribution in [0.4, 0.5) is 11.5 Å². The Morgan fingerprint density at radius 3 is 2.47 bits per heavy atom. The Morgan fingerprint density at radius 2 is 1.80 bits per heavy atom. The van der Waals surface area contributed by atoms with Gasteiger partial charge >= 0.3 is 0 Å². The van der Waals surface area contributed by atoms with Gasteiger partial charge in [0.05, 0.1) is 18.1 Å². The van der Waals surface area contributed by atoms with Crippen LogP contribution in [0.3, 0.4) is 0 Å². The van der Waals surface area contributed by atoms with Crippen molar-refractivity contribution in [1.82, 2.24) is 9.97 Å². The second-order valence-electron chi connectivity index (χ2n) is 2.83. The van der Waals surface area contributed by atoms with Crippen molar-refractivity contribution in [3.63, 3.8) is 0 Å². The lowest BCUT2D eigenvalue weighted by atomic mass is 10.3. The van der Waals surface area contributed by atoms with Gasteiger partial charge in [0, 0.05) is 4.47 Å². The molecule has 0 saturated heterocycles. The lowest BCUT2D eigenvalue weighted by Crippen LogP contribution is -1.94. The standard InChI is InChI=1S/C10H7Br2N3/c11-7-3-1-2-4-8(7)15-10-6-13-9(12)5-14-10/h1-6H,(H,14,15). The van der Waals surface area contributed by atoms with Crippen LogP contribution in [0, 0.1) is 0 Å². The van der Waals surface area contributed by atoms with Gasteiger partial charge in [0.2, 0.25) is 0 Å². The summed E-state index contributed by atoms with van der Waals surface area (Å²) < 4.78 is 1.72. The molecular formula is C10H7Br2N3. The van der Waals surface area contributed by atoms with Crippen LogP contribution in [-0.2, 0) is 0 Å². The number of benzene rings is 1. The van der Waals surface area contributed by atoms with Crippen molar-refractivity contribution in [3.05, 3.63) is 45.7 Å². The van der Waals surface area contributed by atoms with Crippen molar-refractivity contribution in [3.8, 4) is 0 Å². The van der Waals surface area contributed by atoms with E-state index in [0.717, 1.165) is 14.8 Å². The topological polar surface area (TPSA) is 37.8 Å². The van der Waals surface area contributed by atoms with E-state index in [-0.39, 0.29) is 0 Å². The molecule has 0 aliphatic rings. The smallest absolute Gasteiger partial charge is 0.148 e. The van der Waals surface area contributed by atoms with Crippen molar-refractivity contribution in [2.75, 3.05) is 5.32 Å². The predicted octanol–water partition coefficient (Wildman–Crippen LogP) is 3.75. The average Bonchev–Trinajstić information content (AvgIpc) is 2.25. The van der Waals surface area contributed by atoms with Gasteiger partial charge < -0.3 is 5.32 Å². The van der Waals surface area contributed by atoms with Crippen LogP contribution in [0.5, 0.6) is 0 Å². The highest BCUT2D eigenvalue weighted by Gasteiger charge is 1.99. The molecule has 0 aliphatic heterocycles. The molecule has 5 heteroatoms. The normalized spacial score (nSPS) is 10.0. The maximum Gasteiger partial charge on any atom is 0.148 e. The zero-order valence-corrected chi connectivity index (χ0v) is 10.8. The second kappa shape index (κ2) is 4.72. The van der Waals surface area contributed by atoms with E-state index in [1.807, 2.05) is 24.3 Å². The molecule has 0 fully saturated rings. The van der Waals surface area contributed by atoms with E-state index in [0.29, 0.717) is 5.82 Å². The molecule has 1 aromatic heterocycles. The summed E-state index contributed by atoms with van der Waals surface area (Å²) in [7, 11) is 0. The maximum absolute atomic E-state index is 4.17. The first-order valence-corrected chi connectivity index (χ1v) is 5.83. The van der Waals surface area contributed by atoms with E-state index in [1.54, 1.807) is 12.4 Å².